The van der Waals surface area contributed by atoms with Gasteiger partial charge in [-0.15, -0.1) is 0 Å². The fourth-order valence-electron chi connectivity index (χ4n) is 2.48. The average molecular weight is 348 g/mol. The highest BCUT2D eigenvalue weighted by molar-refractivity contribution is 9.10. The summed E-state index contributed by atoms with van der Waals surface area (Å²) in [6.45, 7) is 6.17. The molecule has 1 aromatic carbocycles. The van der Waals surface area contributed by atoms with Crippen LogP contribution in [0.1, 0.15) is 31.0 Å². The molecule has 0 amide bonds. The second-order valence-electron chi connectivity index (χ2n) is 5.19. The second kappa shape index (κ2) is 7.57. The van der Waals surface area contributed by atoms with Gasteiger partial charge in [0.1, 0.15) is 0 Å². The molecule has 0 aliphatic rings. The van der Waals surface area contributed by atoms with Gasteiger partial charge in [0.2, 0.25) is 0 Å². The summed E-state index contributed by atoms with van der Waals surface area (Å²) in [7, 11) is 2.13. The van der Waals surface area contributed by atoms with Crippen molar-refractivity contribution in [2.24, 2.45) is 0 Å². The van der Waals surface area contributed by atoms with Crippen LogP contribution in [0.3, 0.4) is 0 Å². The Bertz CT molecular complexity index is 572. The van der Waals surface area contributed by atoms with Crippen LogP contribution in [0.5, 0.6) is 0 Å². The molecule has 1 unspecified atom stereocenters. The van der Waals surface area contributed by atoms with E-state index in [-0.39, 0.29) is 0 Å². The van der Waals surface area contributed by atoms with Gasteiger partial charge in [0, 0.05) is 42.2 Å². The Balaban J connectivity index is 2.25. The van der Waals surface area contributed by atoms with Crippen molar-refractivity contribution in [3.05, 3.63) is 58.3 Å². The van der Waals surface area contributed by atoms with E-state index in [1.54, 1.807) is 0 Å². The van der Waals surface area contributed by atoms with Crippen molar-refractivity contribution in [3.63, 3.8) is 0 Å². The topological polar surface area (TPSA) is 28.2 Å². The number of halogens is 1. The van der Waals surface area contributed by atoms with Crippen LogP contribution in [0.4, 0.5) is 5.69 Å². The fourth-order valence-corrected chi connectivity index (χ4v) is 2.86. The number of nitrogens with one attached hydrogen (secondary N) is 1. The van der Waals surface area contributed by atoms with Crippen LogP contribution in [-0.2, 0) is 6.54 Å². The lowest BCUT2D eigenvalue weighted by molar-refractivity contribution is 0.596. The first-order valence-corrected chi connectivity index (χ1v) is 8.04. The number of aromatic nitrogens is 1. The number of pyridine rings is 1. The Morgan fingerprint density at radius 2 is 1.95 bits per heavy atom. The molecule has 1 heterocycles. The van der Waals surface area contributed by atoms with Crippen LogP contribution in [0.2, 0.25) is 0 Å². The van der Waals surface area contributed by atoms with Gasteiger partial charge < -0.3 is 10.2 Å². The van der Waals surface area contributed by atoms with Crippen molar-refractivity contribution in [1.82, 2.24) is 10.3 Å². The first kappa shape index (κ1) is 16.0. The number of benzene rings is 1. The third kappa shape index (κ3) is 4.29. The van der Waals surface area contributed by atoms with E-state index >= 15 is 0 Å². The van der Waals surface area contributed by atoms with Crippen LogP contribution in [-0.4, -0.2) is 18.6 Å². The minimum Gasteiger partial charge on any atom is -0.370 e. The van der Waals surface area contributed by atoms with E-state index < -0.39 is 0 Å². The number of rotatable bonds is 6. The number of nitrogens with zero attached hydrogens (tertiary/aromatic N) is 2. The molecule has 0 bridgehead atoms. The van der Waals surface area contributed by atoms with E-state index in [9.17, 15) is 0 Å². The van der Waals surface area contributed by atoms with Crippen LogP contribution in [0.25, 0.3) is 0 Å². The third-order valence-corrected chi connectivity index (χ3v) is 4.04. The summed E-state index contributed by atoms with van der Waals surface area (Å²) in [5, 5.41) is 3.49. The fraction of sp³-hybridized carbons (Fsp3) is 0.353. The second-order valence-corrected chi connectivity index (χ2v) is 6.11. The monoisotopic (exact) mass is 347 g/mol. The predicted octanol–water partition coefficient (Wildman–Crippen LogP) is 4.15. The quantitative estimate of drug-likeness (QED) is 0.850. The molecule has 0 saturated carbocycles. The molecule has 0 radical (unpaired) electrons. The number of hydrogen-bond donors (Lipinski definition) is 1. The Morgan fingerprint density at radius 1 is 1.24 bits per heavy atom. The van der Waals surface area contributed by atoms with Gasteiger partial charge in [0.25, 0.3) is 0 Å². The Morgan fingerprint density at radius 3 is 2.62 bits per heavy atom. The van der Waals surface area contributed by atoms with Gasteiger partial charge in [-0.05, 0) is 54.9 Å². The predicted molar refractivity (Wildman–Crippen MR) is 92.6 cm³/mol. The summed E-state index contributed by atoms with van der Waals surface area (Å²) in [5.41, 5.74) is 3.82. The minimum atomic E-state index is 0.322. The molecule has 1 aromatic heterocycles. The molecule has 2 rings (SSSR count). The summed E-state index contributed by atoms with van der Waals surface area (Å²) in [6.07, 6.45) is 3.68. The van der Waals surface area contributed by atoms with Gasteiger partial charge >= 0.3 is 0 Å². The molecule has 0 spiro atoms. The van der Waals surface area contributed by atoms with Crippen molar-refractivity contribution in [1.29, 1.82) is 0 Å². The van der Waals surface area contributed by atoms with Crippen molar-refractivity contribution in [3.8, 4) is 0 Å². The van der Waals surface area contributed by atoms with E-state index in [0.717, 1.165) is 17.6 Å². The lowest BCUT2D eigenvalue weighted by Crippen LogP contribution is -2.23. The molecular formula is C17H22BrN3. The van der Waals surface area contributed by atoms with Crippen LogP contribution in [0, 0.1) is 0 Å². The molecule has 2 aromatic rings. The molecule has 4 heteroatoms. The largest absolute Gasteiger partial charge is 0.370 e. The highest BCUT2D eigenvalue weighted by Crippen LogP contribution is 2.29. The number of hydrogen-bond acceptors (Lipinski definition) is 3. The van der Waals surface area contributed by atoms with Crippen molar-refractivity contribution in [2.45, 2.75) is 26.4 Å². The zero-order valence-electron chi connectivity index (χ0n) is 12.8. The minimum absolute atomic E-state index is 0.322. The van der Waals surface area contributed by atoms with Crippen LogP contribution in [0.15, 0.2) is 47.2 Å². The molecule has 3 nitrogen and oxygen atoms in total. The molecule has 0 aliphatic heterocycles. The summed E-state index contributed by atoms with van der Waals surface area (Å²) in [4.78, 5) is 6.36. The van der Waals surface area contributed by atoms with E-state index in [0.29, 0.717) is 6.04 Å². The lowest BCUT2D eigenvalue weighted by atomic mass is 10.0. The van der Waals surface area contributed by atoms with Gasteiger partial charge in [0.05, 0.1) is 0 Å². The highest BCUT2D eigenvalue weighted by atomic mass is 79.9. The first-order chi connectivity index (χ1) is 10.1. The Kier molecular flexibility index (Phi) is 5.76. The third-order valence-electron chi connectivity index (χ3n) is 3.55. The van der Waals surface area contributed by atoms with Crippen molar-refractivity contribution >= 4 is 21.6 Å². The summed E-state index contributed by atoms with van der Waals surface area (Å²) in [6, 6.07) is 10.9. The summed E-state index contributed by atoms with van der Waals surface area (Å²) in [5.74, 6) is 0. The molecule has 0 saturated heterocycles. The normalized spacial score (nSPS) is 12.2. The van der Waals surface area contributed by atoms with Gasteiger partial charge in [-0.25, -0.2) is 0 Å². The maximum Gasteiger partial charge on any atom is 0.0427 e. The van der Waals surface area contributed by atoms with E-state index in [2.05, 4.69) is 82.4 Å². The molecule has 21 heavy (non-hydrogen) atoms. The van der Waals surface area contributed by atoms with Gasteiger partial charge in [-0.1, -0.05) is 22.9 Å². The molecule has 112 valence electrons. The smallest absolute Gasteiger partial charge is 0.0427 e. The van der Waals surface area contributed by atoms with E-state index in [1.807, 2.05) is 12.4 Å². The maximum absolute atomic E-state index is 4.07. The van der Waals surface area contributed by atoms with E-state index in [4.69, 9.17) is 0 Å². The zero-order chi connectivity index (χ0) is 15.2. The molecule has 0 fully saturated rings. The van der Waals surface area contributed by atoms with Crippen LogP contribution < -0.4 is 10.2 Å². The van der Waals surface area contributed by atoms with Gasteiger partial charge in [-0.3, -0.25) is 4.98 Å². The van der Waals surface area contributed by atoms with Gasteiger partial charge in [0.15, 0.2) is 0 Å². The highest BCUT2D eigenvalue weighted by Gasteiger charge is 2.13. The summed E-state index contributed by atoms with van der Waals surface area (Å²) < 4.78 is 1.11. The maximum atomic E-state index is 4.07. The van der Waals surface area contributed by atoms with Crippen molar-refractivity contribution < 1.29 is 0 Å². The Labute approximate surface area is 135 Å². The van der Waals surface area contributed by atoms with Crippen LogP contribution >= 0.6 is 15.9 Å². The zero-order valence-corrected chi connectivity index (χ0v) is 14.4. The molecule has 1 N–H and O–H groups in total. The first-order valence-electron chi connectivity index (χ1n) is 7.24. The summed E-state index contributed by atoms with van der Waals surface area (Å²) >= 11 is 3.58. The molecule has 0 aliphatic carbocycles. The molecular weight excluding hydrogens is 326 g/mol. The number of anilines is 1. The van der Waals surface area contributed by atoms with Crippen molar-refractivity contribution in [2.75, 3.05) is 18.5 Å². The molecule has 1 atom stereocenters. The van der Waals surface area contributed by atoms with Gasteiger partial charge in [-0.2, -0.15) is 0 Å². The average Bonchev–Trinajstić information content (AvgIpc) is 2.48. The Hall–Kier alpha value is -1.39. The lowest BCUT2D eigenvalue weighted by Gasteiger charge is -2.26. The van der Waals surface area contributed by atoms with E-state index in [1.165, 1.54) is 16.8 Å². The standard InChI is InChI=1S/C17H22BrN3/c1-4-20-13(2)16-11-15(18)5-6-17(16)21(3)12-14-7-9-19-10-8-14/h5-11,13,20H,4,12H2,1-3H3. The SMILES string of the molecule is CCNC(C)c1cc(Br)ccc1N(C)Cc1ccncc1.